The summed E-state index contributed by atoms with van der Waals surface area (Å²) in [7, 11) is 0. The summed E-state index contributed by atoms with van der Waals surface area (Å²) in [5.74, 6) is 0.627. The molecule has 2 N–H and O–H groups in total. The number of nitro benzene ring substituents is 1. The molecule has 0 aliphatic heterocycles. The molecule has 2 rings (SSSR count). The van der Waals surface area contributed by atoms with Crippen molar-refractivity contribution in [3.63, 3.8) is 0 Å². The number of nitro groups is 1. The minimum atomic E-state index is -0.417. The normalized spacial score (nSPS) is 12.3. The first kappa shape index (κ1) is 13.1. The fourth-order valence-electron chi connectivity index (χ4n) is 1.72. The molecule has 8 nitrogen and oxygen atoms in total. The molecule has 0 aliphatic rings. The molecular formula is C11H14N6O2. The smallest absolute Gasteiger partial charge is 0.269 e. The second-order valence-electron chi connectivity index (χ2n) is 4.22. The number of hydrogen-bond acceptors (Lipinski definition) is 6. The molecule has 1 unspecified atom stereocenters. The molecule has 1 atom stereocenters. The number of rotatable bonds is 5. The van der Waals surface area contributed by atoms with Crippen LogP contribution in [0.25, 0.3) is 0 Å². The first-order valence-corrected chi connectivity index (χ1v) is 5.83. The molecule has 19 heavy (non-hydrogen) atoms. The Hall–Kier alpha value is -2.35. The molecule has 0 spiro atoms. The van der Waals surface area contributed by atoms with Gasteiger partial charge in [-0.05, 0) is 29.3 Å². The van der Waals surface area contributed by atoms with Crippen LogP contribution < -0.4 is 5.73 Å². The Labute approximate surface area is 109 Å². The van der Waals surface area contributed by atoms with E-state index in [0.717, 1.165) is 5.56 Å². The first-order valence-electron chi connectivity index (χ1n) is 5.83. The fourth-order valence-corrected chi connectivity index (χ4v) is 1.72. The number of benzene rings is 1. The van der Waals surface area contributed by atoms with Gasteiger partial charge in [0, 0.05) is 18.7 Å². The van der Waals surface area contributed by atoms with E-state index >= 15 is 0 Å². The van der Waals surface area contributed by atoms with Gasteiger partial charge in [-0.25, -0.2) is 4.68 Å². The van der Waals surface area contributed by atoms with E-state index in [1.54, 1.807) is 16.8 Å². The number of aryl methyl sites for hydroxylation is 2. The van der Waals surface area contributed by atoms with Crippen LogP contribution in [0.3, 0.4) is 0 Å². The molecule has 0 amide bonds. The largest absolute Gasteiger partial charge is 0.322 e. The van der Waals surface area contributed by atoms with Crippen molar-refractivity contribution in [2.24, 2.45) is 5.73 Å². The van der Waals surface area contributed by atoms with Gasteiger partial charge in [0.1, 0.15) is 0 Å². The zero-order chi connectivity index (χ0) is 13.8. The van der Waals surface area contributed by atoms with Gasteiger partial charge in [-0.1, -0.05) is 12.1 Å². The number of nitrogens with two attached hydrogens (primary N) is 1. The number of hydrogen-bond donors (Lipinski definition) is 1. The van der Waals surface area contributed by atoms with E-state index in [2.05, 4.69) is 15.5 Å². The van der Waals surface area contributed by atoms with Crippen LogP contribution in [0.1, 0.15) is 24.4 Å². The quantitative estimate of drug-likeness (QED) is 0.631. The van der Waals surface area contributed by atoms with Crippen molar-refractivity contribution in [1.29, 1.82) is 0 Å². The van der Waals surface area contributed by atoms with Gasteiger partial charge < -0.3 is 5.73 Å². The third-order valence-corrected chi connectivity index (χ3v) is 2.73. The standard InChI is InChI=1S/C11H14N6O2/c1-8(12)11-13-14-15-16(11)7-6-9-2-4-10(5-3-9)17(18)19/h2-5,8H,6-7,12H2,1H3. The van der Waals surface area contributed by atoms with Gasteiger partial charge in [-0.2, -0.15) is 0 Å². The van der Waals surface area contributed by atoms with Crippen molar-refractivity contribution in [1.82, 2.24) is 20.2 Å². The summed E-state index contributed by atoms with van der Waals surface area (Å²) >= 11 is 0. The van der Waals surface area contributed by atoms with E-state index in [1.807, 2.05) is 6.92 Å². The van der Waals surface area contributed by atoms with E-state index < -0.39 is 4.92 Å². The summed E-state index contributed by atoms with van der Waals surface area (Å²) in [5, 5.41) is 21.8. The third kappa shape index (κ3) is 3.10. The molecule has 0 saturated heterocycles. The molecule has 1 aromatic heterocycles. The molecule has 0 radical (unpaired) electrons. The second-order valence-corrected chi connectivity index (χ2v) is 4.22. The number of tetrazole rings is 1. The first-order chi connectivity index (χ1) is 9.08. The van der Waals surface area contributed by atoms with Gasteiger partial charge >= 0.3 is 0 Å². The Morgan fingerprint density at radius 1 is 1.42 bits per heavy atom. The molecule has 8 heteroatoms. The average Bonchev–Trinajstić information content (AvgIpc) is 2.85. The molecule has 0 saturated carbocycles. The van der Waals surface area contributed by atoms with Gasteiger partial charge in [-0.15, -0.1) is 5.10 Å². The van der Waals surface area contributed by atoms with Crippen LogP contribution in [0.15, 0.2) is 24.3 Å². The maximum Gasteiger partial charge on any atom is 0.269 e. The second kappa shape index (κ2) is 5.53. The van der Waals surface area contributed by atoms with Crippen molar-refractivity contribution in [3.8, 4) is 0 Å². The van der Waals surface area contributed by atoms with Crippen LogP contribution in [-0.4, -0.2) is 25.1 Å². The van der Waals surface area contributed by atoms with Crippen molar-refractivity contribution in [3.05, 3.63) is 45.8 Å². The molecule has 2 aromatic rings. The summed E-state index contributed by atoms with van der Waals surface area (Å²) in [6.07, 6.45) is 0.683. The predicted octanol–water partition coefficient (Wildman–Crippen LogP) is 0.844. The van der Waals surface area contributed by atoms with Gasteiger partial charge in [0.2, 0.25) is 0 Å². The van der Waals surface area contributed by atoms with Crippen molar-refractivity contribution < 1.29 is 4.92 Å². The van der Waals surface area contributed by atoms with Crippen LogP contribution in [0.2, 0.25) is 0 Å². The van der Waals surface area contributed by atoms with E-state index in [4.69, 9.17) is 5.73 Å². The predicted molar refractivity (Wildman–Crippen MR) is 67.2 cm³/mol. The lowest BCUT2D eigenvalue weighted by atomic mass is 10.1. The number of non-ortho nitro benzene ring substituents is 1. The van der Waals surface area contributed by atoms with Gasteiger partial charge in [0.25, 0.3) is 5.69 Å². The van der Waals surface area contributed by atoms with Gasteiger partial charge in [0.05, 0.1) is 11.0 Å². The Bertz CT molecular complexity index is 563. The summed E-state index contributed by atoms with van der Waals surface area (Å²) in [6.45, 7) is 2.40. The van der Waals surface area contributed by atoms with Crippen LogP contribution in [0.4, 0.5) is 5.69 Å². The van der Waals surface area contributed by atoms with Crippen molar-refractivity contribution in [2.75, 3.05) is 0 Å². The fraction of sp³-hybridized carbons (Fsp3) is 0.364. The van der Waals surface area contributed by atoms with Crippen LogP contribution in [0.5, 0.6) is 0 Å². The Morgan fingerprint density at radius 3 is 2.68 bits per heavy atom. The SMILES string of the molecule is CC(N)c1nnnn1CCc1ccc([N+](=O)[O-])cc1. The Kier molecular flexibility index (Phi) is 3.81. The highest BCUT2D eigenvalue weighted by Gasteiger charge is 2.10. The third-order valence-electron chi connectivity index (χ3n) is 2.73. The lowest BCUT2D eigenvalue weighted by Gasteiger charge is -2.06. The lowest BCUT2D eigenvalue weighted by molar-refractivity contribution is -0.384. The molecular weight excluding hydrogens is 248 g/mol. The van der Waals surface area contributed by atoms with Crippen molar-refractivity contribution >= 4 is 5.69 Å². The van der Waals surface area contributed by atoms with Crippen LogP contribution in [-0.2, 0) is 13.0 Å². The summed E-state index contributed by atoms with van der Waals surface area (Å²) in [4.78, 5) is 10.1. The highest BCUT2D eigenvalue weighted by Crippen LogP contribution is 2.13. The summed E-state index contributed by atoms with van der Waals surface area (Å²) in [5.41, 5.74) is 6.81. The Morgan fingerprint density at radius 2 is 2.11 bits per heavy atom. The number of aromatic nitrogens is 4. The Balaban J connectivity index is 2.02. The van der Waals surface area contributed by atoms with E-state index in [-0.39, 0.29) is 11.7 Å². The molecule has 1 heterocycles. The maximum absolute atomic E-state index is 10.5. The topological polar surface area (TPSA) is 113 Å². The monoisotopic (exact) mass is 262 g/mol. The van der Waals surface area contributed by atoms with Crippen LogP contribution in [0, 0.1) is 10.1 Å². The summed E-state index contributed by atoms with van der Waals surface area (Å²) < 4.78 is 1.64. The molecule has 0 bridgehead atoms. The zero-order valence-electron chi connectivity index (χ0n) is 10.4. The van der Waals surface area contributed by atoms with E-state index in [0.29, 0.717) is 18.8 Å². The van der Waals surface area contributed by atoms with Crippen LogP contribution >= 0.6 is 0 Å². The summed E-state index contributed by atoms with van der Waals surface area (Å²) in [6, 6.07) is 6.21. The molecule has 0 aliphatic carbocycles. The average molecular weight is 262 g/mol. The van der Waals surface area contributed by atoms with Gasteiger partial charge in [-0.3, -0.25) is 10.1 Å². The zero-order valence-corrected chi connectivity index (χ0v) is 10.4. The van der Waals surface area contributed by atoms with Crippen molar-refractivity contribution in [2.45, 2.75) is 25.9 Å². The minimum absolute atomic E-state index is 0.0856. The van der Waals surface area contributed by atoms with E-state index in [9.17, 15) is 10.1 Å². The number of nitrogens with zero attached hydrogens (tertiary/aromatic N) is 5. The molecule has 1 aromatic carbocycles. The highest BCUT2D eigenvalue weighted by molar-refractivity contribution is 5.32. The highest BCUT2D eigenvalue weighted by atomic mass is 16.6. The molecule has 100 valence electrons. The van der Waals surface area contributed by atoms with Gasteiger partial charge in [0.15, 0.2) is 5.82 Å². The molecule has 0 fully saturated rings. The minimum Gasteiger partial charge on any atom is -0.322 e. The maximum atomic E-state index is 10.5. The van der Waals surface area contributed by atoms with E-state index in [1.165, 1.54) is 12.1 Å². The lowest BCUT2D eigenvalue weighted by Crippen LogP contribution is -2.15.